The van der Waals surface area contributed by atoms with Crippen molar-refractivity contribution in [1.82, 2.24) is 20.6 Å². The van der Waals surface area contributed by atoms with Gasteiger partial charge in [-0.3, -0.25) is 20.6 Å². The molecule has 0 fully saturated rings. The molecule has 2 unspecified atom stereocenters. The number of nitrogens with zero attached hydrogens (tertiary/aromatic N) is 2. The zero-order valence-electron chi connectivity index (χ0n) is 17.0. The SMILES string of the molecule is CNC(C/C=C/c1cccnc1)OC(=O)C(=O)OC(C/C=C/c1cccnc1)NC. The minimum atomic E-state index is -1.05. The van der Waals surface area contributed by atoms with E-state index in [9.17, 15) is 9.59 Å². The summed E-state index contributed by atoms with van der Waals surface area (Å²) < 4.78 is 10.3. The lowest BCUT2D eigenvalue weighted by Crippen LogP contribution is -2.37. The maximum Gasteiger partial charge on any atom is 0.419 e. The van der Waals surface area contributed by atoms with Crippen molar-refractivity contribution in [3.8, 4) is 0 Å². The molecule has 2 heterocycles. The van der Waals surface area contributed by atoms with Crippen LogP contribution in [0.4, 0.5) is 0 Å². The summed E-state index contributed by atoms with van der Waals surface area (Å²) in [4.78, 5) is 32.2. The maximum atomic E-state index is 12.1. The monoisotopic (exact) mass is 410 g/mol. The molecule has 0 aliphatic rings. The zero-order chi connectivity index (χ0) is 21.6. The van der Waals surface area contributed by atoms with Crippen LogP contribution in [-0.4, -0.2) is 48.5 Å². The predicted molar refractivity (Wildman–Crippen MR) is 114 cm³/mol. The Bertz CT molecular complexity index is 769. The number of pyridine rings is 2. The van der Waals surface area contributed by atoms with Crippen molar-refractivity contribution < 1.29 is 19.1 Å². The fraction of sp³-hybridized carbons (Fsp3) is 0.273. The first-order valence-corrected chi connectivity index (χ1v) is 9.51. The molecule has 2 aromatic heterocycles. The number of carbonyl (C=O) groups excluding carboxylic acids is 2. The quantitative estimate of drug-likeness (QED) is 0.349. The summed E-state index contributed by atoms with van der Waals surface area (Å²) in [5.41, 5.74) is 1.85. The van der Waals surface area contributed by atoms with E-state index in [2.05, 4.69) is 20.6 Å². The van der Waals surface area contributed by atoms with Gasteiger partial charge in [0.05, 0.1) is 0 Å². The van der Waals surface area contributed by atoms with Crippen LogP contribution in [0.15, 0.2) is 61.2 Å². The average molecular weight is 410 g/mol. The second-order valence-corrected chi connectivity index (χ2v) is 6.21. The van der Waals surface area contributed by atoms with Crippen molar-refractivity contribution in [2.45, 2.75) is 25.3 Å². The number of carbonyl (C=O) groups is 2. The van der Waals surface area contributed by atoms with Crippen LogP contribution < -0.4 is 10.6 Å². The van der Waals surface area contributed by atoms with Crippen LogP contribution >= 0.6 is 0 Å². The average Bonchev–Trinajstić information content (AvgIpc) is 2.78. The Balaban J connectivity index is 1.80. The number of nitrogens with one attached hydrogen (secondary N) is 2. The number of aromatic nitrogens is 2. The fourth-order valence-electron chi connectivity index (χ4n) is 2.41. The highest BCUT2D eigenvalue weighted by Gasteiger charge is 2.23. The minimum Gasteiger partial charge on any atom is -0.438 e. The first-order valence-electron chi connectivity index (χ1n) is 9.51. The summed E-state index contributed by atoms with van der Waals surface area (Å²) >= 11 is 0. The van der Waals surface area contributed by atoms with Crippen molar-refractivity contribution in [3.05, 3.63) is 72.3 Å². The molecule has 0 saturated carbocycles. The number of hydrogen-bond donors (Lipinski definition) is 2. The van der Waals surface area contributed by atoms with Crippen molar-refractivity contribution in [2.75, 3.05) is 14.1 Å². The molecule has 30 heavy (non-hydrogen) atoms. The second kappa shape index (κ2) is 13.0. The van der Waals surface area contributed by atoms with Crippen LogP contribution in [0.1, 0.15) is 24.0 Å². The summed E-state index contributed by atoms with van der Waals surface area (Å²) in [6.45, 7) is 0. The molecule has 2 aromatic rings. The van der Waals surface area contributed by atoms with Crippen molar-refractivity contribution in [3.63, 3.8) is 0 Å². The van der Waals surface area contributed by atoms with E-state index in [0.717, 1.165) is 11.1 Å². The molecule has 2 N–H and O–H groups in total. The number of esters is 2. The molecule has 8 heteroatoms. The highest BCUT2D eigenvalue weighted by molar-refractivity contribution is 6.29. The number of hydrogen-bond acceptors (Lipinski definition) is 8. The van der Waals surface area contributed by atoms with Crippen molar-refractivity contribution >= 4 is 24.1 Å². The lowest BCUT2D eigenvalue weighted by Gasteiger charge is -2.17. The molecule has 2 rings (SSSR count). The Labute approximate surface area is 176 Å². The van der Waals surface area contributed by atoms with Gasteiger partial charge in [-0.1, -0.05) is 36.4 Å². The van der Waals surface area contributed by atoms with Gasteiger partial charge in [-0.2, -0.15) is 0 Å². The van der Waals surface area contributed by atoms with Crippen LogP contribution in [0.25, 0.3) is 12.2 Å². The largest absolute Gasteiger partial charge is 0.438 e. The van der Waals surface area contributed by atoms with Crippen LogP contribution in [0, 0.1) is 0 Å². The van der Waals surface area contributed by atoms with Crippen molar-refractivity contribution in [2.24, 2.45) is 0 Å². The molecule has 0 saturated heterocycles. The minimum absolute atomic E-state index is 0.383. The third-order valence-electron chi connectivity index (χ3n) is 4.00. The first-order chi connectivity index (χ1) is 14.6. The molecule has 8 nitrogen and oxygen atoms in total. The van der Waals surface area contributed by atoms with Crippen molar-refractivity contribution in [1.29, 1.82) is 0 Å². The normalized spacial score (nSPS) is 13.3. The molecule has 0 radical (unpaired) electrons. The Kier molecular flexibility index (Phi) is 9.91. The van der Waals surface area contributed by atoms with E-state index >= 15 is 0 Å². The smallest absolute Gasteiger partial charge is 0.419 e. The summed E-state index contributed by atoms with van der Waals surface area (Å²) in [6, 6.07) is 7.47. The molecule has 0 aliphatic carbocycles. The van der Waals surface area contributed by atoms with Gasteiger partial charge in [0, 0.05) is 37.6 Å². The molecule has 0 spiro atoms. The van der Waals surface area contributed by atoms with E-state index in [1.54, 1.807) is 38.9 Å². The first kappa shape index (κ1) is 22.9. The molecule has 0 bridgehead atoms. The van der Waals surface area contributed by atoms with E-state index < -0.39 is 24.4 Å². The van der Waals surface area contributed by atoms with E-state index in [-0.39, 0.29) is 0 Å². The molecule has 0 aromatic carbocycles. The third-order valence-corrected chi connectivity index (χ3v) is 4.00. The summed E-state index contributed by atoms with van der Waals surface area (Å²) in [7, 11) is 3.28. The molecule has 0 amide bonds. The molecule has 158 valence electrons. The Morgan fingerprint density at radius 1 is 0.867 bits per heavy atom. The molecular formula is C22H26N4O4. The number of ether oxygens (including phenoxy) is 2. The standard InChI is InChI=1S/C22H26N4O4/c1-23-19(11-3-7-17-9-5-13-25-15-17)29-21(27)22(28)30-20(24-2)12-4-8-18-10-6-14-26-16-18/h3-10,13-16,19-20,23-24H,11-12H2,1-2H3/b7-3+,8-4+. The topological polar surface area (TPSA) is 102 Å². The van der Waals surface area contributed by atoms with Gasteiger partial charge in [0.2, 0.25) is 0 Å². The van der Waals surface area contributed by atoms with E-state index in [1.165, 1.54) is 0 Å². The molecular weight excluding hydrogens is 384 g/mol. The van der Waals surface area contributed by atoms with Crippen LogP contribution in [0.5, 0.6) is 0 Å². The van der Waals surface area contributed by atoms with Crippen LogP contribution in [0.2, 0.25) is 0 Å². The lowest BCUT2D eigenvalue weighted by molar-refractivity contribution is -0.175. The Hall–Kier alpha value is -3.36. The third kappa shape index (κ3) is 8.34. The Morgan fingerprint density at radius 2 is 1.30 bits per heavy atom. The highest BCUT2D eigenvalue weighted by Crippen LogP contribution is 2.06. The second-order valence-electron chi connectivity index (χ2n) is 6.21. The van der Waals surface area contributed by atoms with E-state index in [0.29, 0.717) is 12.8 Å². The van der Waals surface area contributed by atoms with Gasteiger partial charge in [-0.25, -0.2) is 9.59 Å². The van der Waals surface area contributed by atoms with Gasteiger partial charge >= 0.3 is 11.9 Å². The molecule has 2 atom stereocenters. The Morgan fingerprint density at radius 3 is 1.63 bits per heavy atom. The van der Waals surface area contributed by atoms with E-state index in [4.69, 9.17) is 9.47 Å². The molecule has 0 aliphatic heterocycles. The summed E-state index contributed by atoms with van der Waals surface area (Å²) in [6.07, 6.45) is 13.6. The predicted octanol–water partition coefficient (Wildman–Crippen LogP) is 2.16. The summed E-state index contributed by atoms with van der Waals surface area (Å²) in [5.74, 6) is -2.11. The lowest BCUT2D eigenvalue weighted by atomic mass is 10.2. The van der Waals surface area contributed by atoms with Crippen LogP contribution in [-0.2, 0) is 19.1 Å². The van der Waals surface area contributed by atoms with Gasteiger partial charge in [0.1, 0.15) is 0 Å². The fourth-order valence-corrected chi connectivity index (χ4v) is 2.41. The maximum absolute atomic E-state index is 12.1. The van der Waals surface area contributed by atoms with Gasteiger partial charge in [-0.05, 0) is 37.4 Å². The van der Waals surface area contributed by atoms with Gasteiger partial charge < -0.3 is 9.47 Å². The van der Waals surface area contributed by atoms with Gasteiger partial charge in [-0.15, -0.1) is 0 Å². The van der Waals surface area contributed by atoms with E-state index in [1.807, 2.05) is 48.6 Å². The van der Waals surface area contributed by atoms with Gasteiger partial charge in [0.25, 0.3) is 0 Å². The summed E-state index contributed by atoms with van der Waals surface area (Å²) in [5, 5.41) is 5.69. The zero-order valence-corrected chi connectivity index (χ0v) is 17.0. The van der Waals surface area contributed by atoms with Gasteiger partial charge in [0.15, 0.2) is 12.5 Å². The highest BCUT2D eigenvalue weighted by atomic mass is 16.6. The number of rotatable bonds is 10. The van der Waals surface area contributed by atoms with Crippen LogP contribution in [0.3, 0.4) is 0 Å².